The van der Waals surface area contributed by atoms with Crippen LogP contribution in [-0.2, 0) is 9.59 Å². The number of anilines is 2. The van der Waals surface area contributed by atoms with E-state index in [1.807, 2.05) is 48.7 Å². The largest absolute Gasteiger partial charge is 0.493 e. The van der Waals surface area contributed by atoms with Crippen molar-refractivity contribution >= 4 is 69.3 Å². The predicted molar refractivity (Wildman–Crippen MR) is 193 cm³/mol. The number of amides is 3. The van der Waals surface area contributed by atoms with Gasteiger partial charge in [0.2, 0.25) is 5.91 Å². The number of rotatable bonds is 12. The van der Waals surface area contributed by atoms with Crippen molar-refractivity contribution in [3.05, 3.63) is 124 Å². The zero-order valence-corrected chi connectivity index (χ0v) is 28.5. The summed E-state index contributed by atoms with van der Waals surface area (Å²) in [4.78, 5) is 44.6. The van der Waals surface area contributed by atoms with Crippen LogP contribution in [0.5, 0.6) is 11.5 Å². The number of hydrogen-bond donors (Lipinski definition) is 3. The number of thiazole rings is 1. The van der Waals surface area contributed by atoms with Crippen LogP contribution >= 0.6 is 34.7 Å². The number of hydrogen-bond acceptors (Lipinski definition) is 8. The Morgan fingerprint density at radius 2 is 1.58 bits per heavy atom. The molecule has 0 saturated heterocycles. The number of carbonyl (C=O) groups is 3. The third-order valence-electron chi connectivity index (χ3n) is 6.92. The number of ether oxygens (including phenoxy) is 2. The lowest BCUT2D eigenvalue weighted by Crippen LogP contribution is -2.30. The molecule has 0 saturated carbocycles. The van der Waals surface area contributed by atoms with Crippen molar-refractivity contribution in [2.24, 2.45) is 0 Å². The molecular formula is C36H31ClN4O5S2. The van der Waals surface area contributed by atoms with E-state index in [1.54, 1.807) is 81.0 Å². The van der Waals surface area contributed by atoms with Gasteiger partial charge in [0, 0.05) is 32.1 Å². The first-order valence-electron chi connectivity index (χ1n) is 14.6. The maximum atomic E-state index is 13.3. The molecule has 0 aliphatic heterocycles. The molecule has 0 bridgehead atoms. The predicted octanol–water partition coefficient (Wildman–Crippen LogP) is 8.01. The first kappa shape index (κ1) is 34.2. The second-order valence-electron chi connectivity index (χ2n) is 10.3. The number of halogens is 1. The summed E-state index contributed by atoms with van der Waals surface area (Å²) in [5, 5.41) is 10.9. The maximum Gasteiger partial charge on any atom is 0.272 e. The van der Waals surface area contributed by atoms with Gasteiger partial charge in [0.05, 0.1) is 25.2 Å². The van der Waals surface area contributed by atoms with Gasteiger partial charge in [0.15, 0.2) is 16.6 Å². The Morgan fingerprint density at radius 1 is 0.875 bits per heavy atom. The zero-order chi connectivity index (χ0) is 34.0. The number of aromatic nitrogens is 1. The highest BCUT2D eigenvalue weighted by Crippen LogP contribution is 2.34. The van der Waals surface area contributed by atoms with Crippen LogP contribution in [0, 0.1) is 0 Å². The highest BCUT2D eigenvalue weighted by atomic mass is 35.5. The first-order valence-corrected chi connectivity index (χ1v) is 16.8. The molecule has 1 aromatic heterocycles. The summed E-state index contributed by atoms with van der Waals surface area (Å²) in [5.41, 5.74) is 3.23. The fourth-order valence-electron chi connectivity index (χ4n) is 4.41. The van der Waals surface area contributed by atoms with Crippen molar-refractivity contribution in [3.8, 4) is 22.8 Å². The molecule has 1 unspecified atom stereocenters. The van der Waals surface area contributed by atoms with Crippen LogP contribution in [0.25, 0.3) is 17.3 Å². The average Bonchev–Trinajstić information content (AvgIpc) is 3.58. The normalized spacial score (nSPS) is 11.7. The second kappa shape index (κ2) is 16.1. The highest BCUT2D eigenvalue weighted by Gasteiger charge is 2.18. The third kappa shape index (κ3) is 9.03. The van der Waals surface area contributed by atoms with E-state index in [4.69, 9.17) is 21.1 Å². The van der Waals surface area contributed by atoms with Crippen molar-refractivity contribution in [2.75, 3.05) is 24.9 Å². The number of nitrogens with one attached hydrogen (secondary N) is 3. The Hall–Kier alpha value is -5.10. The van der Waals surface area contributed by atoms with Gasteiger partial charge in [0.1, 0.15) is 5.70 Å². The summed E-state index contributed by atoms with van der Waals surface area (Å²) in [6, 6.07) is 28.2. The van der Waals surface area contributed by atoms with Gasteiger partial charge in [-0.15, -0.1) is 23.1 Å². The molecule has 1 heterocycles. The smallest absolute Gasteiger partial charge is 0.272 e. The number of methoxy groups -OCH3 is 2. The SMILES string of the molecule is COc1ccc(-c2csc(NC(=O)C(C)Sc3ccc(NC(=O)/C(=C/c4ccc(Cl)cc4)NC(=O)c4ccccc4)cc3)n2)cc1OC. The number of thioether (sulfide) groups is 1. The van der Waals surface area contributed by atoms with Gasteiger partial charge in [-0.3, -0.25) is 14.4 Å². The minimum Gasteiger partial charge on any atom is -0.493 e. The van der Waals surface area contributed by atoms with Crippen LogP contribution in [0.2, 0.25) is 5.02 Å². The van der Waals surface area contributed by atoms with Gasteiger partial charge in [-0.05, 0) is 85.3 Å². The minimum atomic E-state index is -0.502. The molecule has 0 fully saturated rings. The van der Waals surface area contributed by atoms with E-state index >= 15 is 0 Å². The van der Waals surface area contributed by atoms with Crippen molar-refractivity contribution in [2.45, 2.75) is 17.1 Å². The van der Waals surface area contributed by atoms with Crippen LogP contribution in [0.3, 0.4) is 0 Å². The third-order valence-corrected chi connectivity index (χ3v) is 9.04. The summed E-state index contributed by atoms with van der Waals surface area (Å²) < 4.78 is 10.7. The molecule has 1 atom stereocenters. The molecule has 0 aliphatic carbocycles. The summed E-state index contributed by atoms with van der Waals surface area (Å²) in [5.74, 6) is 0.0955. The lowest BCUT2D eigenvalue weighted by Gasteiger charge is -2.13. The second-order valence-corrected chi connectivity index (χ2v) is 13.0. The fraction of sp³-hybridized carbons (Fsp3) is 0.111. The van der Waals surface area contributed by atoms with E-state index in [-0.39, 0.29) is 11.6 Å². The molecule has 5 rings (SSSR count). The minimum absolute atomic E-state index is 0.0615. The van der Waals surface area contributed by atoms with E-state index in [2.05, 4.69) is 20.9 Å². The van der Waals surface area contributed by atoms with Gasteiger partial charge in [-0.2, -0.15) is 0 Å². The fourth-order valence-corrected chi connectivity index (χ4v) is 6.12. The molecule has 244 valence electrons. The van der Waals surface area contributed by atoms with Crippen LogP contribution in [0.15, 0.2) is 113 Å². The molecule has 12 heteroatoms. The summed E-state index contributed by atoms with van der Waals surface area (Å²) in [6.45, 7) is 1.81. The molecule has 0 radical (unpaired) electrons. The van der Waals surface area contributed by atoms with Gasteiger partial charge < -0.3 is 25.4 Å². The van der Waals surface area contributed by atoms with Gasteiger partial charge in [0.25, 0.3) is 11.8 Å². The summed E-state index contributed by atoms with van der Waals surface area (Å²) >= 11 is 8.72. The Labute approximate surface area is 291 Å². The van der Waals surface area contributed by atoms with E-state index < -0.39 is 17.1 Å². The molecule has 0 aliphatic rings. The van der Waals surface area contributed by atoms with Crippen LogP contribution < -0.4 is 25.4 Å². The Morgan fingerprint density at radius 3 is 2.27 bits per heavy atom. The van der Waals surface area contributed by atoms with Crippen molar-refractivity contribution in [3.63, 3.8) is 0 Å². The average molecular weight is 699 g/mol. The van der Waals surface area contributed by atoms with Gasteiger partial charge in [-0.1, -0.05) is 41.9 Å². The van der Waals surface area contributed by atoms with Crippen molar-refractivity contribution in [1.29, 1.82) is 0 Å². The van der Waals surface area contributed by atoms with Crippen LogP contribution in [0.1, 0.15) is 22.8 Å². The lowest BCUT2D eigenvalue weighted by molar-refractivity contribution is -0.115. The molecule has 9 nitrogen and oxygen atoms in total. The molecule has 0 spiro atoms. The van der Waals surface area contributed by atoms with Crippen LogP contribution in [0.4, 0.5) is 10.8 Å². The first-order chi connectivity index (χ1) is 23.2. The van der Waals surface area contributed by atoms with E-state index in [0.29, 0.717) is 44.2 Å². The van der Waals surface area contributed by atoms with Gasteiger partial charge >= 0.3 is 0 Å². The molecule has 3 amide bonds. The molecule has 3 N–H and O–H groups in total. The number of nitrogens with zero attached hydrogens (tertiary/aromatic N) is 1. The summed E-state index contributed by atoms with van der Waals surface area (Å²) in [6.07, 6.45) is 1.58. The quantitative estimate of drug-likeness (QED) is 0.0892. The van der Waals surface area contributed by atoms with E-state index in [1.165, 1.54) is 23.1 Å². The molecule has 48 heavy (non-hydrogen) atoms. The Kier molecular flexibility index (Phi) is 11.5. The van der Waals surface area contributed by atoms with Crippen molar-refractivity contribution in [1.82, 2.24) is 10.3 Å². The molecule has 5 aromatic rings. The monoisotopic (exact) mass is 698 g/mol. The lowest BCUT2D eigenvalue weighted by atomic mass is 10.1. The maximum absolute atomic E-state index is 13.3. The topological polar surface area (TPSA) is 119 Å². The molecular weight excluding hydrogens is 668 g/mol. The van der Waals surface area contributed by atoms with E-state index in [9.17, 15) is 14.4 Å². The van der Waals surface area contributed by atoms with Crippen molar-refractivity contribution < 1.29 is 23.9 Å². The van der Waals surface area contributed by atoms with Gasteiger partial charge in [-0.25, -0.2) is 4.98 Å². The standard InChI is InChI=1S/C36H31ClN4O5S2/c1-22(33(42)41-36-40-30(21-47-36)25-11-18-31(45-2)32(20-25)46-3)48-28-16-14-27(15-17-28)38-35(44)29(19-23-9-12-26(37)13-10-23)39-34(43)24-7-5-4-6-8-24/h4-22H,1-3H3,(H,38,44)(H,39,43)(H,40,41,42)/b29-19-. The van der Waals surface area contributed by atoms with Crippen LogP contribution in [-0.4, -0.2) is 42.2 Å². The number of benzene rings is 4. The van der Waals surface area contributed by atoms with E-state index in [0.717, 1.165) is 10.5 Å². The highest BCUT2D eigenvalue weighted by molar-refractivity contribution is 8.00. The Bertz CT molecular complexity index is 1930. The number of carbonyl (C=O) groups excluding carboxylic acids is 3. The molecule has 4 aromatic carbocycles. The summed E-state index contributed by atoms with van der Waals surface area (Å²) in [7, 11) is 3.15. The Balaban J connectivity index is 1.20. The zero-order valence-electron chi connectivity index (χ0n) is 26.2.